The molecule has 1 unspecified atom stereocenters. The van der Waals surface area contributed by atoms with Crippen molar-refractivity contribution in [2.45, 2.75) is 95.4 Å². The highest BCUT2D eigenvalue weighted by molar-refractivity contribution is 5.91. The van der Waals surface area contributed by atoms with Gasteiger partial charge in [0.05, 0.1) is 18.1 Å². The number of carbonyl (C=O) groups excluding carboxylic acids is 3. The number of benzene rings is 1. The molecule has 0 heterocycles. The average molecular weight is 623 g/mol. The highest BCUT2D eigenvalue weighted by atomic mass is 16.3. The Morgan fingerprint density at radius 3 is 2.22 bits per heavy atom. The van der Waals surface area contributed by atoms with Gasteiger partial charge in [-0.2, -0.15) is 0 Å². The predicted molar refractivity (Wildman–Crippen MR) is 178 cm³/mol. The molecule has 0 aliphatic heterocycles. The van der Waals surface area contributed by atoms with Crippen LogP contribution in [0, 0.1) is 42.4 Å². The van der Waals surface area contributed by atoms with Crippen LogP contribution in [-0.2, 0) is 20.8 Å². The molecule has 6 atom stereocenters. The van der Waals surface area contributed by atoms with Crippen molar-refractivity contribution in [1.82, 2.24) is 20.4 Å². The lowest BCUT2D eigenvalue weighted by Gasteiger charge is -2.34. The minimum atomic E-state index is -1.28. The number of rotatable bonds is 18. The number of carbonyl (C=O) groups is 3. The lowest BCUT2D eigenvalue weighted by atomic mass is 9.82. The fourth-order valence-electron chi connectivity index (χ4n) is 5.92. The smallest absolute Gasteiger partial charge is 0.244 e. The quantitative estimate of drug-likeness (QED) is 0.187. The Balaban J connectivity index is 2.31. The summed E-state index contributed by atoms with van der Waals surface area (Å²) in [7, 11) is 5.58. The Hall–Kier alpha value is -3.37. The van der Waals surface area contributed by atoms with Gasteiger partial charge in [-0.3, -0.25) is 14.4 Å². The summed E-state index contributed by atoms with van der Waals surface area (Å²) in [6.07, 6.45) is 15.1. The molecule has 248 valence electrons. The predicted octanol–water partition coefficient (Wildman–Crippen LogP) is 2.60. The molecule has 1 aliphatic rings. The van der Waals surface area contributed by atoms with Crippen molar-refractivity contribution in [3.8, 4) is 24.7 Å². The number of likely N-dealkylation sites (N-methyl/N-ethyl adjacent to an activating group) is 2. The van der Waals surface area contributed by atoms with Crippen LogP contribution in [0.3, 0.4) is 0 Å². The van der Waals surface area contributed by atoms with Gasteiger partial charge in [0, 0.05) is 38.9 Å². The van der Waals surface area contributed by atoms with E-state index in [2.05, 4.69) is 22.5 Å². The average Bonchev–Trinajstić information content (AvgIpc) is 3.03. The van der Waals surface area contributed by atoms with Gasteiger partial charge in [-0.05, 0) is 44.8 Å². The fraction of sp³-hybridized carbons (Fsp3) is 0.639. The van der Waals surface area contributed by atoms with E-state index in [0.717, 1.165) is 37.7 Å². The van der Waals surface area contributed by atoms with E-state index >= 15 is 0 Å². The van der Waals surface area contributed by atoms with Gasteiger partial charge >= 0.3 is 0 Å². The number of nitrogens with one attached hydrogen (secondary N) is 2. The summed E-state index contributed by atoms with van der Waals surface area (Å²) in [5, 5.41) is 27.4. The molecule has 45 heavy (non-hydrogen) atoms. The Morgan fingerprint density at radius 2 is 1.64 bits per heavy atom. The molecule has 0 saturated heterocycles. The Labute approximate surface area is 270 Å². The number of amides is 3. The van der Waals surface area contributed by atoms with Crippen molar-refractivity contribution >= 4 is 17.7 Å². The highest BCUT2D eigenvalue weighted by Crippen LogP contribution is 2.29. The molecular weight excluding hydrogens is 568 g/mol. The second-order valence-electron chi connectivity index (χ2n) is 12.7. The van der Waals surface area contributed by atoms with Gasteiger partial charge in [0.15, 0.2) is 0 Å². The van der Waals surface area contributed by atoms with E-state index in [-0.39, 0.29) is 24.7 Å². The van der Waals surface area contributed by atoms with E-state index in [0.29, 0.717) is 32.4 Å². The van der Waals surface area contributed by atoms with Gasteiger partial charge in [0.2, 0.25) is 17.7 Å². The molecule has 4 N–H and O–H groups in total. The third-order valence-corrected chi connectivity index (χ3v) is 8.83. The molecule has 1 fully saturated rings. The van der Waals surface area contributed by atoms with Crippen molar-refractivity contribution < 1.29 is 24.6 Å². The summed E-state index contributed by atoms with van der Waals surface area (Å²) in [6, 6.07) is 7.58. The highest BCUT2D eigenvalue weighted by Gasteiger charge is 2.36. The first-order chi connectivity index (χ1) is 21.5. The number of nitrogens with zero attached hydrogens (tertiary/aromatic N) is 2. The Kier molecular flexibility index (Phi) is 16.7. The maximum absolute atomic E-state index is 13.9. The third kappa shape index (κ3) is 12.9. The molecule has 0 radical (unpaired) electrons. The zero-order chi connectivity index (χ0) is 33.4. The van der Waals surface area contributed by atoms with E-state index in [1.54, 1.807) is 11.9 Å². The number of terminal acetylenes is 2. The summed E-state index contributed by atoms with van der Waals surface area (Å²) in [5.74, 6) is 2.78. The normalized spacial score (nSPS) is 17.5. The summed E-state index contributed by atoms with van der Waals surface area (Å²) in [4.78, 5) is 44.6. The van der Waals surface area contributed by atoms with Crippen LogP contribution in [0.1, 0.15) is 70.3 Å². The zero-order valence-corrected chi connectivity index (χ0v) is 27.6. The first-order valence-electron chi connectivity index (χ1n) is 16.3. The second-order valence-corrected chi connectivity index (χ2v) is 12.7. The van der Waals surface area contributed by atoms with Crippen LogP contribution >= 0.6 is 0 Å². The second kappa shape index (κ2) is 19.9. The van der Waals surface area contributed by atoms with Crippen LogP contribution in [0.2, 0.25) is 0 Å². The van der Waals surface area contributed by atoms with Crippen LogP contribution in [0.4, 0.5) is 0 Å². The largest absolute Gasteiger partial charge is 0.389 e. The Morgan fingerprint density at radius 1 is 0.978 bits per heavy atom. The van der Waals surface area contributed by atoms with Crippen LogP contribution in [0.5, 0.6) is 0 Å². The maximum Gasteiger partial charge on any atom is 0.244 e. The summed E-state index contributed by atoms with van der Waals surface area (Å²) < 4.78 is 0. The monoisotopic (exact) mass is 622 g/mol. The Bertz CT molecular complexity index is 1140. The summed E-state index contributed by atoms with van der Waals surface area (Å²) in [5.41, 5.74) is 0.893. The molecule has 0 aromatic heterocycles. The van der Waals surface area contributed by atoms with Gasteiger partial charge in [0.25, 0.3) is 0 Å². The van der Waals surface area contributed by atoms with E-state index in [1.165, 1.54) is 0 Å². The molecule has 2 rings (SSSR count). The number of aliphatic hydroxyl groups is 2. The standard InChI is InChI=1S/C36H54N4O5/c1-7-16-31(41)34(43)30(24-27-19-14-11-15-20-27)37-36(45)33(28(8-2)9-3)38-35(44)29(23-26-17-12-10-13-18-26)25-32(42)40(6)22-21-39(4)5/h1-2,10,12-13,17-18,27-31,33-34,41,43H,9,11,14-16,19-25H2,3-6H3,(H,37,45)(H,38,44)/t28?,29-,30-,31-,33-,34+/m0/s1. The van der Waals surface area contributed by atoms with E-state index in [4.69, 9.17) is 12.8 Å². The first-order valence-corrected chi connectivity index (χ1v) is 16.3. The van der Waals surface area contributed by atoms with Crippen LogP contribution in [0.25, 0.3) is 0 Å². The summed E-state index contributed by atoms with van der Waals surface area (Å²) >= 11 is 0. The minimum absolute atomic E-state index is 0.0346. The van der Waals surface area contributed by atoms with Gasteiger partial charge in [-0.25, -0.2) is 0 Å². The van der Waals surface area contributed by atoms with Crippen molar-refractivity contribution in [3.05, 3.63) is 35.9 Å². The number of aliphatic hydroxyl groups excluding tert-OH is 2. The molecular formula is C36H54N4O5. The summed E-state index contributed by atoms with van der Waals surface area (Å²) in [6.45, 7) is 3.04. The van der Waals surface area contributed by atoms with E-state index < -0.39 is 47.9 Å². The number of hydrogen-bond donors (Lipinski definition) is 4. The number of hydrogen-bond acceptors (Lipinski definition) is 6. The van der Waals surface area contributed by atoms with E-state index in [1.807, 2.05) is 56.3 Å². The minimum Gasteiger partial charge on any atom is -0.389 e. The van der Waals surface area contributed by atoms with Gasteiger partial charge in [-0.15, -0.1) is 24.7 Å². The van der Waals surface area contributed by atoms with Gasteiger partial charge in [-0.1, -0.05) is 69.4 Å². The molecule has 3 amide bonds. The first kappa shape index (κ1) is 37.8. The lowest BCUT2D eigenvalue weighted by Crippen LogP contribution is -2.57. The molecule has 0 bridgehead atoms. The van der Waals surface area contributed by atoms with Crippen LogP contribution in [-0.4, -0.2) is 96.3 Å². The van der Waals surface area contributed by atoms with Crippen LogP contribution in [0.15, 0.2) is 30.3 Å². The van der Waals surface area contributed by atoms with Crippen LogP contribution < -0.4 is 10.6 Å². The maximum atomic E-state index is 13.9. The molecule has 1 aromatic rings. The topological polar surface area (TPSA) is 122 Å². The van der Waals surface area contributed by atoms with Crippen molar-refractivity contribution in [2.24, 2.45) is 17.8 Å². The molecule has 0 spiro atoms. The van der Waals surface area contributed by atoms with Gasteiger partial charge < -0.3 is 30.6 Å². The molecule has 9 heteroatoms. The molecule has 9 nitrogen and oxygen atoms in total. The molecule has 1 aromatic carbocycles. The zero-order valence-electron chi connectivity index (χ0n) is 27.6. The van der Waals surface area contributed by atoms with Gasteiger partial charge in [0.1, 0.15) is 12.1 Å². The SMILES string of the molecule is C#CC[C@H](O)[C@H](O)[C@H](CC1CCCCC1)NC(=O)[C@@H](NC(=O)[C@H](CC(=O)N(C)CCN(C)C)Cc1ccccc1)C(C#C)CC. The van der Waals surface area contributed by atoms with Crippen molar-refractivity contribution in [2.75, 3.05) is 34.2 Å². The van der Waals surface area contributed by atoms with Crippen molar-refractivity contribution in [1.29, 1.82) is 0 Å². The fourth-order valence-corrected chi connectivity index (χ4v) is 5.92. The van der Waals surface area contributed by atoms with Crippen molar-refractivity contribution in [3.63, 3.8) is 0 Å². The lowest BCUT2D eigenvalue weighted by molar-refractivity contribution is -0.137. The third-order valence-electron chi connectivity index (χ3n) is 8.83. The molecule has 1 aliphatic carbocycles. The van der Waals surface area contributed by atoms with E-state index in [9.17, 15) is 24.6 Å². The molecule has 1 saturated carbocycles.